The first kappa shape index (κ1) is 19.8. The monoisotopic (exact) mass is 439 g/mol. The molecular formula is C21H22FN7OS. The van der Waals surface area contributed by atoms with Gasteiger partial charge < -0.3 is 19.9 Å². The van der Waals surface area contributed by atoms with Crippen LogP contribution in [0.5, 0.6) is 0 Å². The molecule has 5 rings (SSSR count). The van der Waals surface area contributed by atoms with Gasteiger partial charge in [-0.15, -0.1) is 0 Å². The molecule has 31 heavy (non-hydrogen) atoms. The molecule has 1 aliphatic rings. The molecule has 3 aromatic heterocycles. The molecule has 160 valence electrons. The number of benzene rings is 1. The third-order valence-electron chi connectivity index (χ3n) is 5.42. The van der Waals surface area contributed by atoms with Crippen molar-refractivity contribution in [1.82, 2.24) is 23.4 Å². The Bertz CT molecular complexity index is 1290. The lowest BCUT2D eigenvalue weighted by Gasteiger charge is -2.37. The standard InChI is InChI=1S/C21H22FN7OS/c1-11-7-28(8-12(2)23-11)17-5-4-15(18-19(17)27-31-26-18)21(30)25-14-6-16(22)20-24-13(3)9-29(20)10-14/h4-6,9-12,23H,7-8H2,1-3H3,(H,25,30)/t11-,12?/m0/s1. The maximum Gasteiger partial charge on any atom is 0.258 e. The minimum atomic E-state index is -0.497. The third kappa shape index (κ3) is 3.61. The van der Waals surface area contributed by atoms with E-state index in [0.717, 1.165) is 30.5 Å². The van der Waals surface area contributed by atoms with Gasteiger partial charge in [0.1, 0.15) is 11.0 Å². The molecule has 4 aromatic rings. The van der Waals surface area contributed by atoms with Gasteiger partial charge in [-0.25, -0.2) is 9.37 Å². The maximum absolute atomic E-state index is 14.4. The first-order valence-corrected chi connectivity index (χ1v) is 10.8. The number of carbonyl (C=O) groups is 1. The first-order chi connectivity index (χ1) is 14.9. The van der Waals surface area contributed by atoms with E-state index in [1.807, 2.05) is 6.07 Å². The highest BCUT2D eigenvalue weighted by Crippen LogP contribution is 2.30. The first-order valence-electron chi connectivity index (χ1n) is 10.1. The predicted octanol–water partition coefficient (Wildman–Crippen LogP) is 3.23. The molecule has 0 aliphatic carbocycles. The molecule has 2 N–H and O–H groups in total. The summed E-state index contributed by atoms with van der Waals surface area (Å²) in [6.07, 6.45) is 3.35. The molecule has 1 unspecified atom stereocenters. The van der Waals surface area contributed by atoms with Crippen molar-refractivity contribution in [2.45, 2.75) is 32.9 Å². The Balaban J connectivity index is 1.47. The summed E-state index contributed by atoms with van der Waals surface area (Å²) in [5, 5.41) is 6.30. The quantitative estimate of drug-likeness (QED) is 0.510. The third-order valence-corrected chi connectivity index (χ3v) is 5.95. The Hall–Kier alpha value is -3.11. The molecule has 0 bridgehead atoms. The van der Waals surface area contributed by atoms with Crippen molar-refractivity contribution in [1.29, 1.82) is 0 Å². The van der Waals surface area contributed by atoms with Crippen LogP contribution in [0.15, 0.2) is 30.6 Å². The molecule has 4 heterocycles. The summed E-state index contributed by atoms with van der Waals surface area (Å²) in [6, 6.07) is 5.66. The molecule has 2 atom stereocenters. The van der Waals surface area contributed by atoms with Crippen LogP contribution in [0.3, 0.4) is 0 Å². The van der Waals surface area contributed by atoms with Crippen LogP contribution in [0.1, 0.15) is 29.9 Å². The summed E-state index contributed by atoms with van der Waals surface area (Å²) >= 11 is 1.08. The molecular weight excluding hydrogens is 417 g/mol. The average Bonchev–Trinajstić information content (AvgIpc) is 3.33. The number of aromatic nitrogens is 4. The summed E-state index contributed by atoms with van der Waals surface area (Å²) in [5.74, 6) is -0.856. The van der Waals surface area contributed by atoms with Crippen molar-refractivity contribution >= 4 is 45.7 Å². The summed E-state index contributed by atoms with van der Waals surface area (Å²) in [5.41, 5.74) is 3.92. The highest BCUT2D eigenvalue weighted by Gasteiger charge is 2.25. The number of piperazine rings is 1. The number of rotatable bonds is 3. The molecule has 1 saturated heterocycles. The van der Waals surface area contributed by atoms with Gasteiger partial charge in [-0.2, -0.15) is 8.75 Å². The van der Waals surface area contributed by atoms with Crippen LogP contribution in [0.4, 0.5) is 15.8 Å². The second kappa shape index (κ2) is 7.54. The van der Waals surface area contributed by atoms with Gasteiger partial charge in [0.15, 0.2) is 11.5 Å². The molecule has 0 saturated carbocycles. The van der Waals surface area contributed by atoms with Gasteiger partial charge in [0, 0.05) is 43.6 Å². The van der Waals surface area contributed by atoms with Gasteiger partial charge in [-0.3, -0.25) is 4.79 Å². The van der Waals surface area contributed by atoms with Gasteiger partial charge >= 0.3 is 0 Å². The molecule has 1 fully saturated rings. The number of aryl methyl sites for hydroxylation is 1. The second-order valence-corrected chi connectivity index (χ2v) is 8.64. The Morgan fingerprint density at radius 2 is 1.94 bits per heavy atom. The van der Waals surface area contributed by atoms with Crippen LogP contribution >= 0.6 is 11.7 Å². The topological polar surface area (TPSA) is 87.5 Å². The maximum atomic E-state index is 14.4. The molecule has 0 spiro atoms. The van der Waals surface area contributed by atoms with E-state index in [0.29, 0.717) is 40.1 Å². The molecule has 0 radical (unpaired) electrons. The number of imidazole rings is 1. The van der Waals surface area contributed by atoms with Gasteiger partial charge in [0.2, 0.25) is 0 Å². The summed E-state index contributed by atoms with van der Waals surface area (Å²) in [4.78, 5) is 19.4. The lowest BCUT2D eigenvalue weighted by molar-refractivity contribution is 0.102. The highest BCUT2D eigenvalue weighted by atomic mass is 32.1. The Morgan fingerprint density at radius 3 is 2.71 bits per heavy atom. The molecule has 8 nitrogen and oxygen atoms in total. The largest absolute Gasteiger partial charge is 0.367 e. The van der Waals surface area contributed by atoms with E-state index in [2.05, 4.69) is 43.1 Å². The number of halogens is 1. The number of nitrogens with one attached hydrogen (secondary N) is 2. The van der Waals surface area contributed by atoms with E-state index in [1.54, 1.807) is 29.8 Å². The SMILES string of the molecule is Cc1cn2cc(NC(=O)c3ccc(N4CC(C)N[C@@H](C)C4)c4nsnc34)cc(F)c2n1. The Kier molecular flexibility index (Phi) is 4.82. The summed E-state index contributed by atoms with van der Waals surface area (Å²) in [7, 11) is 0. The number of hydrogen-bond donors (Lipinski definition) is 2. The smallest absolute Gasteiger partial charge is 0.258 e. The fourth-order valence-electron chi connectivity index (χ4n) is 4.26. The van der Waals surface area contributed by atoms with E-state index < -0.39 is 5.82 Å². The lowest BCUT2D eigenvalue weighted by Crippen LogP contribution is -2.54. The van der Waals surface area contributed by atoms with Crippen LogP contribution < -0.4 is 15.5 Å². The fourth-order valence-corrected chi connectivity index (χ4v) is 4.83. The Labute approximate surface area is 182 Å². The van der Waals surface area contributed by atoms with Crippen molar-refractivity contribution in [3.05, 3.63) is 47.7 Å². The minimum Gasteiger partial charge on any atom is -0.367 e. The zero-order valence-corrected chi connectivity index (χ0v) is 18.2. The van der Waals surface area contributed by atoms with Crippen molar-refractivity contribution in [2.75, 3.05) is 23.3 Å². The number of hydrogen-bond acceptors (Lipinski definition) is 7. The number of carbonyl (C=O) groups excluding carboxylic acids is 1. The van der Waals surface area contributed by atoms with E-state index in [4.69, 9.17) is 0 Å². The van der Waals surface area contributed by atoms with Gasteiger partial charge in [0.25, 0.3) is 5.91 Å². The lowest BCUT2D eigenvalue weighted by atomic mass is 10.1. The molecule has 1 aromatic carbocycles. The van der Waals surface area contributed by atoms with Crippen molar-refractivity contribution in [3.8, 4) is 0 Å². The number of nitrogens with zero attached hydrogens (tertiary/aromatic N) is 5. The highest BCUT2D eigenvalue weighted by molar-refractivity contribution is 7.00. The van der Waals surface area contributed by atoms with E-state index in [9.17, 15) is 9.18 Å². The van der Waals surface area contributed by atoms with Gasteiger partial charge in [-0.1, -0.05) is 0 Å². The summed E-state index contributed by atoms with van der Waals surface area (Å²) < 4.78 is 24.8. The summed E-state index contributed by atoms with van der Waals surface area (Å²) in [6.45, 7) is 7.80. The van der Waals surface area contributed by atoms with Crippen LogP contribution in [-0.2, 0) is 0 Å². The average molecular weight is 440 g/mol. The zero-order chi connectivity index (χ0) is 21.7. The number of amides is 1. The minimum absolute atomic E-state index is 0.227. The molecule has 1 aliphatic heterocycles. The predicted molar refractivity (Wildman–Crippen MR) is 120 cm³/mol. The van der Waals surface area contributed by atoms with E-state index in [1.165, 1.54) is 6.07 Å². The zero-order valence-electron chi connectivity index (χ0n) is 17.4. The van der Waals surface area contributed by atoms with Crippen LogP contribution in [0.2, 0.25) is 0 Å². The number of pyridine rings is 1. The van der Waals surface area contributed by atoms with E-state index >= 15 is 0 Å². The van der Waals surface area contributed by atoms with Crippen molar-refractivity contribution < 1.29 is 9.18 Å². The number of fused-ring (bicyclic) bond motifs is 2. The van der Waals surface area contributed by atoms with Crippen molar-refractivity contribution in [3.63, 3.8) is 0 Å². The number of anilines is 2. The van der Waals surface area contributed by atoms with Crippen LogP contribution in [-0.4, -0.2) is 49.2 Å². The van der Waals surface area contributed by atoms with Gasteiger partial charge in [0.05, 0.1) is 34.4 Å². The molecule has 1 amide bonds. The van der Waals surface area contributed by atoms with Gasteiger partial charge in [-0.05, 0) is 32.9 Å². The Morgan fingerprint density at radius 1 is 1.19 bits per heavy atom. The van der Waals surface area contributed by atoms with Crippen LogP contribution in [0, 0.1) is 12.7 Å². The van der Waals surface area contributed by atoms with Crippen molar-refractivity contribution in [2.24, 2.45) is 0 Å². The van der Waals surface area contributed by atoms with E-state index in [-0.39, 0.29) is 11.6 Å². The molecule has 10 heteroatoms. The second-order valence-electron chi connectivity index (χ2n) is 8.11. The fraction of sp³-hybridized carbons (Fsp3) is 0.333. The van der Waals surface area contributed by atoms with Crippen LogP contribution in [0.25, 0.3) is 16.7 Å². The normalized spacial score (nSPS) is 19.3.